The molecule has 0 saturated heterocycles. The molecule has 0 radical (unpaired) electrons. The molecular weight excluding hydrogens is 469 g/mol. The molecule has 0 aromatic heterocycles. The van der Waals surface area contributed by atoms with E-state index in [0.29, 0.717) is 17.0 Å². The Balaban J connectivity index is 2.44. The van der Waals surface area contributed by atoms with Gasteiger partial charge < -0.3 is 10.2 Å². The van der Waals surface area contributed by atoms with E-state index in [9.17, 15) is 22.4 Å². The first-order chi connectivity index (χ1) is 15.4. The van der Waals surface area contributed by atoms with E-state index in [-0.39, 0.29) is 24.2 Å². The quantitative estimate of drug-likeness (QED) is 0.543. The van der Waals surface area contributed by atoms with Gasteiger partial charge in [-0.05, 0) is 56.2 Å². The van der Waals surface area contributed by atoms with Crippen LogP contribution in [0.2, 0.25) is 5.02 Å². The number of nitrogens with one attached hydrogen (secondary N) is 1. The molecular formula is C23H29ClFN3O4S. The zero-order chi connectivity index (χ0) is 24.8. The maximum Gasteiger partial charge on any atom is 0.244 e. The van der Waals surface area contributed by atoms with Crippen LogP contribution in [-0.4, -0.2) is 50.0 Å². The molecule has 0 aliphatic rings. The molecule has 0 aliphatic carbocycles. The number of nitrogens with zero attached hydrogens (tertiary/aromatic N) is 2. The van der Waals surface area contributed by atoms with E-state index in [2.05, 4.69) is 5.32 Å². The molecule has 0 saturated carbocycles. The molecule has 0 spiro atoms. The third-order valence-electron chi connectivity index (χ3n) is 4.91. The molecule has 0 bridgehead atoms. The maximum atomic E-state index is 13.5. The van der Waals surface area contributed by atoms with Crippen molar-refractivity contribution in [3.8, 4) is 0 Å². The van der Waals surface area contributed by atoms with Gasteiger partial charge in [-0.1, -0.05) is 36.7 Å². The minimum Gasteiger partial charge on any atom is -0.352 e. The Morgan fingerprint density at radius 2 is 1.70 bits per heavy atom. The summed E-state index contributed by atoms with van der Waals surface area (Å²) in [5, 5.41) is 3.24. The first kappa shape index (κ1) is 26.6. The lowest BCUT2D eigenvalue weighted by Gasteiger charge is -2.33. The van der Waals surface area contributed by atoms with Gasteiger partial charge in [0.2, 0.25) is 21.8 Å². The molecule has 0 aliphatic heterocycles. The number of benzene rings is 2. The molecule has 1 atom stereocenters. The summed E-state index contributed by atoms with van der Waals surface area (Å²) < 4.78 is 39.2. The van der Waals surface area contributed by atoms with E-state index in [1.807, 2.05) is 13.8 Å². The van der Waals surface area contributed by atoms with Crippen LogP contribution in [0.1, 0.15) is 32.8 Å². The van der Waals surface area contributed by atoms with Crippen molar-refractivity contribution in [1.29, 1.82) is 0 Å². The van der Waals surface area contributed by atoms with Crippen LogP contribution in [0.15, 0.2) is 48.5 Å². The summed E-state index contributed by atoms with van der Waals surface area (Å²) in [6, 6.07) is 10.7. The predicted octanol–water partition coefficient (Wildman–Crippen LogP) is 3.58. The van der Waals surface area contributed by atoms with Gasteiger partial charge in [0.05, 0.1) is 11.9 Å². The average molecular weight is 498 g/mol. The highest BCUT2D eigenvalue weighted by Crippen LogP contribution is 2.22. The summed E-state index contributed by atoms with van der Waals surface area (Å²) in [4.78, 5) is 27.7. The van der Waals surface area contributed by atoms with Gasteiger partial charge in [0.25, 0.3) is 0 Å². The highest BCUT2D eigenvalue weighted by atomic mass is 35.5. The fourth-order valence-electron chi connectivity index (χ4n) is 3.33. The van der Waals surface area contributed by atoms with E-state index < -0.39 is 34.3 Å². The minimum atomic E-state index is -3.88. The highest BCUT2D eigenvalue weighted by molar-refractivity contribution is 7.92. The van der Waals surface area contributed by atoms with Gasteiger partial charge in [-0.25, -0.2) is 12.8 Å². The van der Waals surface area contributed by atoms with Crippen molar-refractivity contribution in [1.82, 2.24) is 10.2 Å². The molecule has 0 heterocycles. The van der Waals surface area contributed by atoms with Crippen LogP contribution in [0, 0.1) is 5.82 Å². The Bertz CT molecular complexity index is 1080. The standard InChI is InChI=1S/C23H29ClFN3O4S/c1-5-21(23(30)26-16(2)3)27(14-17-8-6-7-9-20(17)24)22(29)15-28(33(4,31)32)19-12-10-18(25)11-13-19/h6-13,16,21H,5,14-15H2,1-4H3,(H,26,30)/t21-/m0/s1. The van der Waals surface area contributed by atoms with E-state index in [0.717, 1.165) is 22.7 Å². The number of anilines is 1. The first-order valence-electron chi connectivity index (χ1n) is 10.5. The van der Waals surface area contributed by atoms with Gasteiger partial charge in [0.15, 0.2) is 0 Å². The minimum absolute atomic E-state index is 0.0174. The Labute approximate surface area is 199 Å². The van der Waals surface area contributed by atoms with E-state index in [4.69, 9.17) is 11.6 Å². The Kier molecular flexibility index (Phi) is 9.25. The molecule has 2 aromatic rings. The monoisotopic (exact) mass is 497 g/mol. The number of amides is 2. The summed E-state index contributed by atoms with van der Waals surface area (Å²) in [7, 11) is -3.88. The van der Waals surface area contributed by atoms with E-state index in [1.165, 1.54) is 17.0 Å². The molecule has 0 fully saturated rings. The number of hydrogen-bond acceptors (Lipinski definition) is 4. The Morgan fingerprint density at radius 1 is 1.09 bits per heavy atom. The highest BCUT2D eigenvalue weighted by Gasteiger charge is 2.32. The zero-order valence-electron chi connectivity index (χ0n) is 19.1. The SMILES string of the molecule is CC[C@@H](C(=O)NC(C)C)N(Cc1ccccc1Cl)C(=O)CN(c1ccc(F)cc1)S(C)(=O)=O. The average Bonchev–Trinajstić information content (AvgIpc) is 2.72. The molecule has 7 nitrogen and oxygen atoms in total. The number of carbonyl (C=O) groups is 2. The molecule has 2 amide bonds. The molecule has 33 heavy (non-hydrogen) atoms. The molecule has 2 aromatic carbocycles. The van der Waals surface area contributed by atoms with Gasteiger partial charge in [-0.2, -0.15) is 0 Å². The second kappa shape index (κ2) is 11.5. The number of sulfonamides is 1. The third kappa shape index (κ3) is 7.43. The van der Waals surface area contributed by atoms with Crippen LogP contribution >= 0.6 is 11.6 Å². The van der Waals surface area contributed by atoms with Gasteiger partial charge in [0.1, 0.15) is 18.4 Å². The maximum absolute atomic E-state index is 13.5. The van der Waals surface area contributed by atoms with Crippen molar-refractivity contribution in [2.24, 2.45) is 0 Å². The van der Waals surface area contributed by atoms with Gasteiger partial charge in [0, 0.05) is 17.6 Å². The Hall–Kier alpha value is -2.65. The van der Waals surface area contributed by atoms with Crippen LogP contribution in [0.25, 0.3) is 0 Å². The Morgan fingerprint density at radius 3 is 2.21 bits per heavy atom. The lowest BCUT2D eigenvalue weighted by atomic mass is 10.1. The summed E-state index contributed by atoms with van der Waals surface area (Å²) >= 11 is 6.29. The van der Waals surface area contributed by atoms with Gasteiger partial charge >= 0.3 is 0 Å². The molecule has 1 N–H and O–H groups in total. The summed E-state index contributed by atoms with van der Waals surface area (Å²) in [6.45, 7) is 4.85. The van der Waals surface area contributed by atoms with Crippen molar-refractivity contribution in [2.75, 3.05) is 17.1 Å². The second-order valence-electron chi connectivity index (χ2n) is 7.95. The predicted molar refractivity (Wildman–Crippen MR) is 128 cm³/mol. The topological polar surface area (TPSA) is 86.8 Å². The largest absolute Gasteiger partial charge is 0.352 e. The fraction of sp³-hybridized carbons (Fsp3) is 0.391. The number of hydrogen-bond donors (Lipinski definition) is 1. The molecule has 2 rings (SSSR count). The fourth-order valence-corrected chi connectivity index (χ4v) is 4.38. The number of rotatable bonds is 10. The summed E-state index contributed by atoms with van der Waals surface area (Å²) in [6.07, 6.45) is 1.27. The molecule has 180 valence electrons. The lowest BCUT2D eigenvalue weighted by molar-refractivity contribution is -0.140. The lowest BCUT2D eigenvalue weighted by Crippen LogP contribution is -2.53. The van der Waals surface area contributed by atoms with E-state index >= 15 is 0 Å². The van der Waals surface area contributed by atoms with Crippen molar-refractivity contribution >= 4 is 39.1 Å². The van der Waals surface area contributed by atoms with Crippen LogP contribution < -0.4 is 9.62 Å². The van der Waals surface area contributed by atoms with Crippen molar-refractivity contribution in [3.63, 3.8) is 0 Å². The second-order valence-corrected chi connectivity index (χ2v) is 10.3. The van der Waals surface area contributed by atoms with E-state index in [1.54, 1.807) is 31.2 Å². The van der Waals surface area contributed by atoms with Crippen LogP contribution in [-0.2, 0) is 26.2 Å². The molecule has 0 unspecified atom stereocenters. The van der Waals surface area contributed by atoms with Crippen molar-refractivity contribution < 1.29 is 22.4 Å². The normalized spacial score (nSPS) is 12.3. The first-order valence-corrected chi connectivity index (χ1v) is 12.7. The number of halogens is 2. The number of carbonyl (C=O) groups excluding carboxylic acids is 2. The van der Waals surface area contributed by atoms with Crippen molar-refractivity contribution in [2.45, 2.75) is 45.8 Å². The zero-order valence-corrected chi connectivity index (χ0v) is 20.7. The summed E-state index contributed by atoms with van der Waals surface area (Å²) in [5.41, 5.74) is 0.764. The smallest absolute Gasteiger partial charge is 0.244 e. The molecule has 10 heteroatoms. The van der Waals surface area contributed by atoms with Gasteiger partial charge in [-0.15, -0.1) is 0 Å². The van der Waals surface area contributed by atoms with Crippen LogP contribution in [0.3, 0.4) is 0 Å². The van der Waals surface area contributed by atoms with Gasteiger partial charge in [-0.3, -0.25) is 13.9 Å². The van der Waals surface area contributed by atoms with Crippen molar-refractivity contribution in [3.05, 3.63) is 64.9 Å². The third-order valence-corrected chi connectivity index (χ3v) is 6.42. The van der Waals surface area contributed by atoms with Crippen LogP contribution in [0.5, 0.6) is 0 Å². The van der Waals surface area contributed by atoms with Crippen LogP contribution in [0.4, 0.5) is 10.1 Å². The summed E-state index contributed by atoms with van der Waals surface area (Å²) in [5.74, 6) is -1.47.